The van der Waals surface area contributed by atoms with Crippen LogP contribution in [-0.2, 0) is 0 Å². The zero-order chi connectivity index (χ0) is 5.28. The summed E-state index contributed by atoms with van der Waals surface area (Å²) in [4.78, 5) is 0. The molecule has 0 radical (unpaired) electrons. The van der Waals surface area contributed by atoms with E-state index in [2.05, 4.69) is 5.32 Å². The molecule has 1 heterocycles. The topological polar surface area (TPSA) is 64.1 Å². The average Bonchev–Trinajstić information content (AvgIpc) is 1.87. The first kappa shape index (κ1) is 4.46. The quantitative estimate of drug-likeness (QED) is 0.367. The van der Waals surface area contributed by atoms with E-state index in [1.54, 1.807) is 6.20 Å². The van der Waals surface area contributed by atoms with Crippen molar-refractivity contribution >= 4 is 0 Å². The Hall–Kier alpha value is -0.700. The Balaban J connectivity index is 2.42. The molecule has 1 aliphatic heterocycles. The van der Waals surface area contributed by atoms with E-state index in [9.17, 15) is 0 Å². The lowest BCUT2D eigenvalue weighted by atomic mass is 10.3. The highest BCUT2D eigenvalue weighted by molar-refractivity contribution is 5.04. The molecule has 0 aromatic heterocycles. The van der Waals surface area contributed by atoms with Crippen LogP contribution in [0, 0.1) is 0 Å². The van der Waals surface area contributed by atoms with Crippen LogP contribution in [0.15, 0.2) is 11.9 Å². The first-order chi connectivity index (χ1) is 3.29. The van der Waals surface area contributed by atoms with Crippen LogP contribution in [-0.4, -0.2) is 6.17 Å². The minimum Gasteiger partial charge on any atom is -0.401 e. The third-order valence-corrected chi connectivity index (χ3v) is 0.938. The summed E-state index contributed by atoms with van der Waals surface area (Å²) < 4.78 is 0. The number of rotatable bonds is 0. The fourth-order valence-corrected chi connectivity index (χ4v) is 0.586. The minimum atomic E-state index is 0.0556. The Morgan fingerprint density at radius 2 is 2.57 bits per heavy atom. The van der Waals surface area contributed by atoms with Crippen molar-refractivity contribution in [2.24, 2.45) is 11.5 Å². The van der Waals surface area contributed by atoms with Gasteiger partial charge in [0.25, 0.3) is 0 Å². The van der Waals surface area contributed by atoms with Gasteiger partial charge in [0.05, 0.1) is 6.17 Å². The Morgan fingerprint density at radius 1 is 1.86 bits per heavy atom. The lowest BCUT2D eigenvalue weighted by Gasteiger charge is -1.98. The smallest absolute Gasteiger partial charge is 0.0794 e. The summed E-state index contributed by atoms with van der Waals surface area (Å²) in [5, 5.41) is 2.86. The van der Waals surface area contributed by atoms with Crippen LogP contribution in [0.3, 0.4) is 0 Å². The molecule has 3 nitrogen and oxygen atoms in total. The van der Waals surface area contributed by atoms with Gasteiger partial charge in [-0.2, -0.15) is 0 Å². The third-order valence-electron chi connectivity index (χ3n) is 0.938. The third kappa shape index (κ3) is 0.838. The molecule has 1 aliphatic rings. The van der Waals surface area contributed by atoms with Crippen LogP contribution in [0.1, 0.15) is 6.42 Å². The molecule has 0 aliphatic carbocycles. The van der Waals surface area contributed by atoms with Crippen LogP contribution in [0.25, 0.3) is 0 Å². The number of nitrogens with two attached hydrogens (primary N) is 2. The highest BCUT2D eigenvalue weighted by atomic mass is 15.0. The monoisotopic (exact) mass is 99.1 g/mol. The number of hydrogen-bond donors (Lipinski definition) is 3. The van der Waals surface area contributed by atoms with E-state index in [4.69, 9.17) is 11.5 Å². The molecule has 5 N–H and O–H groups in total. The van der Waals surface area contributed by atoms with Crippen molar-refractivity contribution in [2.75, 3.05) is 0 Å². The number of nitrogens with one attached hydrogen (secondary N) is 1. The van der Waals surface area contributed by atoms with E-state index in [1.165, 1.54) is 0 Å². The van der Waals surface area contributed by atoms with E-state index < -0.39 is 0 Å². The van der Waals surface area contributed by atoms with Gasteiger partial charge in [0.15, 0.2) is 0 Å². The van der Waals surface area contributed by atoms with Gasteiger partial charge in [-0.25, -0.2) is 0 Å². The van der Waals surface area contributed by atoms with E-state index in [-0.39, 0.29) is 6.17 Å². The van der Waals surface area contributed by atoms with Crippen molar-refractivity contribution < 1.29 is 0 Å². The van der Waals surface area contributed by atoms with Crippen molar-refractivity contribution in [3.05, 3.63) is 11.9 Å². The van der Waals surface area contributed by atoms with Gasteiger partial charge in [-0.05, 0) is 0 Å². The van der Waals surface area contributed by atoms with Crippen molar-refractivity contribution in [3.8, 4) is 0 Å². The summed E-state index contributed by atoms with van der Waals surface area (Å²) >= 11 is 0. The predicted octanol–water partition coefficient (Wildman–Crippen LogP) is -0.935. The molecule has 0 aromatic carbocycles. The standard InChI is InChI=1S/C4H9N3/c5-3-1-4(6)7-2-3/h2,4,7H,1,5-6H2. The molecule has 1 rings (SSSR count). The van der Waals surface area contributed by atoms with E-state index in [0.29, 0.717) is 0 Å². The zero-order valence-electron chi connectivity index (χ0n) is 4.02. The maximum absolute atomic E-state index is 5.38. The number of hydrogen-bond acceptors (Lipinski definition) is 3. The summed E-state index contributed by atoms with van der Waals surface area (Å²) in [6, 6.07) is 0. The predicted molar refractivity (Wildman–Crippen MR) is 28.0 cm³/mol. The van der Waals surface area contributed by atoms with Crippen molar-refractivity contribution in [1.29, 1.82) is 0 Å². The first-order valence-corrected chi connectivity index (χ1v) is 2.25. The summed E-state index contributed by atoms with van der Waals surface area (Å²) in [5.74, 6) is 0. The molecule has 7 heavy (non-hydrogen) atoms. The molecule has 1 unspecified atom stereocenters. The van der Waals surface area contributed by atoms with Crippen molar-refractivity contribution in [3.63, 3.8) is 0 Å². The molecule has 0 saturated carbocycles. The Morgan fingerprint density at radius 3 is 2.71 bits per heavy atom. The van der Waals surface area contributed by atoms with Crippen molar-refractivity contribution in [1.82, 2.24) is 5.32 Å². The molecule has 3 heteroatoms. The Bertz CT molecular complexity index is 97.1. The molecular formula is C4H9N3. The van der Waals surface area contributed by atoms with Crippen LogP contribution in [0.2, 0.25) is 0 Å². The van der Waals surface area contributed by atoms with Gasteiger partial charge in [-0.15, -0.1) is 0 Å². The van der Waals surface area contributed by atoms with E-state index in [1.807, 2.05) is 0 Å². The van der Waals surface area contributed by atoms with Gasteiger partial charge in [0.1, 0.15) is 0 Å². The van der Waals surface area contributed by atoms with Crippen molar-refractivity contribution in [2.45, 2.75) is 12.6 Å². The molecule has 40 valence electrons. The molecule has 1 atom stereocenters. The first-order valence-electron chi connectivity index (χ1n) is 2.25. The second kappa shape index (κ2) is 1.42. The summed E-state index contributed by atoms with van der Waals surface area (Å²) in [6.45, 7) is 0. The van der Waals surface area contributed by atoms with Crippen LogP contribution in [0.4, 0.5) is 0 Å². The summed E-state index contributed by atoms with van der Waals surface area (Å²) in [6.07, 6.45) is 2.57. The second-order valence-electron chi connectivity index (χ2n) is 1.70. The van der Waals surface area contributed by atoms with Crippen LogP contribution < -0.4 is 16.8 Å². The lowest BCUT2D eigenvalue weighted by molar-refractivity contribution is 0.649. The normalized spacial score (nSPS) is 29.3. The molecule has 0 fully saturated rings. The maximum Gasteiger partial charge on any atom is 0.0794 e. The summed E-state index contributed by atoms with van der Waals surface area (Å²) in [7, 11) is 0. The van der Waals surface area contributed by atoms with Gasteiger partial charge in [0, 0.05) is 18.3 Å². The highest BCUT2D eigenvalue weighted by Gasteiger charge is 2.06. The fraction of sp³-hybridized carbons (Fsp3) is 0.500. The van der Waals surface area contributed by atoms with Crippen LogP contribution >= 0.6 is 0 Å². The molecule has 0 amide bonds. The SMILES string of the molecule is NC1=CNC(N)C1. The molecule has 0 spiro atoms. The Labute approximate surface area is 42.4 Å². The highest BCUT2D eigenvalue weighted by Crippen LogP contribution is 1.99. The van der Waals surface area contributed by atoms with Gasteiger partial charge in [-0.3, -0.25) is 0 Å². The Kier molecular flexibility index (Phi) is 0.906. The van der Waals surface area contributed by atoms with E-state index >= 15 is 0 Å². The minimum absolute atomic E-state index is 0.0556. The average molecular weight is 99.1 g/mol. The zero-order valence-corrected chi connectivity index (χ0v) is 4.02. The van der Waals surface area contributed by atoms with Gasteiger partial charge < -0.3 is 16.8 Å². The molecular weight excluding hydrogens is 90.1 g/mol. The molecule has 0 bridgehead atoms. The second-order valence-corrected chi connectivity index (χ2v) is 1.70. The maximum atomic E-state index is 5.38. The summed E-state index contributed by atoms with van der Waals surface area (Å²) in [5.41, 5.74) is 11.6. The van der Waals surface area contributed by atoms with E-state index in [0.717, 1.165) is 12.1 Å². The largest absolute Gasteiger partial charge is 0.401 e. The fourth-order valence-electron chi connectivity index (χ4n) is 0.586. The lowest BCUT2D eigenvalue weighted by Crippen LogP contribution is -2.29. The van der Waals surface area contributed by atoms with Gasteiger partial charge >= 0.3 is 0 Å². The molecule has 0 aromatic rings. The van der Waals surface area contributed by atoms with Gasteiger partial charge in [0.2, 0.25) is 0 Å². The van der Waals surface area contributed by atoms with Gasteiger partial charge in [-0.1, -0.05) is 0 Å². The van der Waals surface area contributed by atoms with Crippen LogP contribution in [0.5, 0.6) is 0 Å². The molecule has 0 saturated heterocycles.